The third-order valence-corrected chi connectivity index (χ3v) is 7.09. The SMILES string of the molecule is CCOC(=O)N1c2ccc(C(F)(F)F)cc2[C@@H](N(Cc2cc(OC)cc(OC)c2)c2ncc(OCC)cn2)C[C@H]1CC. The zero-order valence-corrected chi connectivity index (χ0v) is 24.3. The van der Waals surface area contributed by atoms with Crippen molar-refractivity contribution in [2.24, 2.45) is 0 Å². The van der Waals surface area contributed by atoms with Crippen LogP contribution in [0.1, 0.15) is 56.3 Å². The fourth-order valence-electron chi connectivity index (χ4n) is 5.16. The van der Waals surface area contributed by atoms with Crippen molar-refractivity contribution in [3.05, 3.63) is 65.5 Å². The summed E-state index contributed by atoms with van der Waals surface area (Å²) in [4.78, 5) is 25.5. The minimum atomic E-state index is -4.59. The summed E-state index contributed by atoms with van der Waals surface area (Å²) in [7, 11) is 3.08. The van der Waals surface area contributed by atoms with Gasteiger partial charge in [0.05, 0.1) is 57.1 Å². The molecule has 1 aliphatic rings. The number of alkyl halides is 3. The Balaban J connectivity index is 1.91. The number of methoxy groups -OCH3 is 2. The Bertz CT molecular complexity index is 1350. The van der Waals surface area contributed by atoms with Crippen LogP contribution in [0.25, 0.3) is 0 Å². The summed E-state index contributed by atoms with van der Waals surface area (Å²) in [6.07, 6.45) is -1.28. The largest absolute Gasteiger partial charge is 0.497 e. The lowest BCUT2D eigenvalue weighted by Crippen LogP contribution is -2.48. The lowest BCUT2D eigenvalue weighted by atomic mass is 9.87. The van der Waals surface area contributed by atoms with E-state index < -0.39 is 23.9 Å². The first-order chi connectivity index (χ1) is 20.1. The number of hydrogen-bond acceptors (Lipinski definition) is 8. The Morgan fingerprint density at radius 1 is 0.976 bits per heavy atom. The van der Waals surface area contributed by atoms with Crippen LogP contribution in [0.2, 0.25) is 0 Å². The molecule has 12 heteroatoms. The van der Waals surface area contributed by atoms with Crippen molar-refractivity contribution in [2.45, 2.75) is 58.4 Å². The third-order valence-electron chi connectivity index (χ3n) is 7.09. The molecule has 1 aliphatic heterocycles. The van der Waals surface area contributed by atoms with Gasteiger partial charge < -0.3 is 23.8 Å². The number of ether oxygens (including phenoxy) is 4. The molecule has 226 valence electrons. The second kappa shape index (κ2) is 13.2. The summed E-state index contributed by atoms with van der Waals surface area (Å²) in [6, 6.07) is 7.82. The number of carbonyl (C=O) groups excluding carboxylic acids is 1. The number of halogens is 3. The van der Waals surface area contributed by atoms with Crippen molar-refractivity contribution in [2.75, 3.05) is 37.2 Å². The van der Waals surface area contributed by atoms with Crippen LogP contribution in [0.15, 0.2) is 48.8 Å². The van der Waals surface area contributed by atoms with Gasteiger partial charge in [0.15, 0.2) is 5.75 Å². The number of hydrogen-bond donors (Lipinski definition) is 0. The van der Waals surface area contributed by atoms with Crippen molar-refractivity contribution < 1.29 is 36.9 Å². The van der Waals surface area contributed by atoms with E-state index in [1.165, 1.54) is 37.6 Å². The lowest BCUT2D eigenvalue weighted by molar-refractivity contribution is -0.137. The number of nitrogens with zero attached hydrogens (tertiary/aromatic N) is 4. The van der Waals surface area contributed by atoms with Crippen molar-refractivity contribution in [1.82, 2.24) is 9.97 Å². The van der Waals surface area contributed by atoms with E-state index in [2.05, 4.69) is 9.97 Å². The molecule has 4 rings (SSSR count). The van der Waals surface area contributed by atoms with E-state index in [9.17, 15) is 18.0 Å². The first-order valence-electron chi connectivity index (χ1n) is 13.7. The number of fused-ring (bicyclic) bond motifs is 1. The number of carbonyl (C=O) groups is 1. The fraction of sp³-hybridized carbons (Fsp3) is 0.433. The fourth-order valence-corrected chi connectivity index (χ4v) is 5.16. The molecule has 0 aliphatic carbocycles. The molecule has 0 saturated heterocycles. The zero-order valence-electron chi connectivity index (χ0n) is 24.3. The summed E-state index contributed by atoms with van der Waals surface area (Å²) in [5.41, 5.74) is 0.609. The normalized spacial score (nSPS) is 16.4. The van der Waals surface area contributed by atoms with E-state index in [-0.39, 0.29) is 25.1 Å². The standard InChI is InChI=1S/C30H35F3N4O5/c1-6-21-14-27(25-13-20(30(31,32)33)9-10-26(25)37(21)29(38)42-8-3)36(28-34-16-24(17-35-28)41-7-2)18-19-11-22(39-4)15-23(12-19)40-5/h9-13,15-17,21,27H,6-8,14,18H2,1-5H3/t21-,27+/m1/s1. The molecule has 42 heavy (non-hydrogen) atoms. The highest BCUT2D eigenvalue weighted by Crippen LogP contribution is 2.45. The van der Waals surface area contributed by atoms with Crippen LogP contribution >= 0.6 is 0 Å². The number of aromatic nitrogens is 2. The topological polar surface area (TPSA) is 86.3 Å². The first-order valence-corrected chi connectivity index (χ1v) is 13.7. The van der Waals surface area contributed by atoms with Gasteiger partial charge in [-0.1, -0.05) is 6.92 Å². The Morgan fingerprint density at radius 3 is 2.19 bits per heavy atom. The van der Waals surface area contributed by atoms with Crippen LogP contribution in [-0.2, 0) is 17.5 Å². The summed E-state index contributed by atoms with van der Waals surface area (Å²) in [5, 5.41) is 0. The molecule has 0 unspecified atom stereocenters. The van der Waals surface area contributed by atoms with Gasteiger partial charge in [-0.05, 0) is 68.1 Å². The van der Waals surface area contributed by atoms with Gasteiger partial charge in [0, 0.05) is 18.7 Å². The second-order valence-corrected chi connectivity index (χ2v) is 9.65. The second-order valence-electron chi connectivity index (χ2n) is 9.65. The lowest BCUT2D eigenvalue weighted by Gasteiger charge is -2.44. The monoisotopic (exact) mass is 588 g/mol. The maximum Gasteiger partial charge on any atom is 0.416 e. The van der Waals surface area contributed by atoms with Crippen molar-refractivity contribution >= 4 is 17.7 Å². The van der Waals surface area contributed by atoms with Gasteiger partial charge in [0.2, 0.25) is 5.95 Å². The molecule has 0 fully saturated rings. The average Bonchev–Trinajstić information content (AvgIpc) is 2.98. The highest BCUT2D eigenvalue weighted by atomic mass is 19.4. The van der Waals surface area contributed by atoms with Gasteiger partial charge in [-0.3, -0.25) is 4.90 Å². The molecular formula is C30H35F3N4O5. The summed E-state index contributed by atoms with van der Waals surface area (Å²) < 4.78 is 63.7. The van der Waals surface area contributed by atoms with E-state index in [0.717, 1.165) is 17.7 Å². The maximum atomic E-state index is 14.0. The molecule has 3 aromatic rings. The Labute approximate surface area is 243 Å². The molecule has 2 atom stereocenters. The van der Waals surface area contributed by atoms with Crippen molar-refractivity contribution in [3.8, 4) is 17.2 Å². The van der Waals surface area contributed by atoms with Crippen LogP contribution in [0.3, 0.4) is 0 Å². The molecular weight excluding hydrogens is 553 g/mol. The van der Waals surface area contributed by atoms with Gasteiger partial charge in [-0.25, -0.2) is 14.8 Å². The summed E-state index contributed by atoms with van der Waals surface area (Å²) >= 11 is 0. The Kier molecular flexibility index (Phi) is 9.64. The predicted molar refractivity (Wildman–Crippen MR) is 151 cm³/mol. The minimum Gasteiger partial charge on any atom is -0.497 e. The smallest absolute Gasteiger partial charge is 0.416 e. The van der Waals surface area contributed by atoms with E-state index in [4.69, 9.17) is 18.9 Å². The molecule has 0 bridgehead atoms. The molecule has 0 saturated carbocycles. The predicted octanol–water partition coefficient (Wildman–Crippen LogP) is 6.80. The van der Waals surface area contributed by atoms with Gasteiger partial charge >= 0.3 is 12.3 Å². The van der Waals surface area contributed by atoms with E-state index in [0.29, 0.717) is 47.9 Å². The minimum absolute atomic E-state index is 0.134. The van der Waals surface area contributed by atoms with E-state index in [1.54, 1.807) is 13.0 Å². The summed E-state index contributed by atoms with van der Waals surface area (Å²) in [6.45, 7) is 6.22. The number of anilines is 2. The molecule has 1 aromatic heterocycles. The van der Waals surface area contributed by atoms with Gasteiger partial charge in [0.1, 0.15) is 11.5 Å². The van der Waals surface area contributed by atoms with Crippen LogP contribution in [0.5, 0.6) is 17.2 Å². The van der Waals surface area contributed by atoms with Gasteiger partial charge in [-0.15, -0.1) is 0 Å². The Morgan fingerprint density at radius 2 is 1.64 bits per heavy atom. The maximum absolute atomic E-state index is 14.0. The number of benzene rings is 2. The molecule has 0 spiro atoms. The molecule has 0 radical (unpaired) electrons. The van der Waals surface area contributed by atoms with Crippen LogP contribution in [0.4, 0.5) is 29.6 Å². The average molecular weight is 589 g/mol. The van der Waals surface area contributed by atoms with Crippen LogP contribution in [0, 0.1) is 0 Å². The van der Waals surface area contributed by atoms with Gasteiger partial charge in [-0.2, -0.15) is 13.2 Å². The summed E-state index contributed by atoms with van der Waals surface area (Å²) in [5.74, 6) is 1.86. The molecule has 9 nitrogen and oxygen atoms in total. The van der Waals surface area contributed by atoms with E-state index >= 15 is 0 Å². The highest BCUT2D eigenvalue weighted by molar-refractivity contribution is 5.90. The molecule has 2 heterocycles. The quantitative estimate of drug-likeness (QED) is 0.256. The molecule has 2 aromatic carbocycles. The third kappa shape index (κ3) is 6.63. The molecule has 0 N–H and O–H groups in total. The highest BCUT2D eigenvalue weighted by Gasteiger charge is 2.41. The van der Waals surface area contributed by atoms with E-state index in [1.807, 2.05) is 30.9 Å². The van der Waals surface area contributed by atoms with Crippen LogP contribution in [-0.4, -0.2) is 49.5 Å². The van der Waals surface area contributed by atoms with Crippen molar-refractivity contribution in [1.29, 1.82) is 0 Å². The zero-order chi connectivity index (χ0) is 30.4. The Hall–Kier alpha value is -4.22. The van der Waals surface area contributed by atoms with Crippen LogP contribution < -0.4 is 24.0 Å². The van der Waals surface area contributed by atoms with Crippen molar-refractivity contribution in [3.63, 3.8) is 0 Å². The van der Waals surface area contributed by atoms with Gasteiger partial charge in [0.25, 0.3) is 0 Å². The molecule has 1 amide bonds. The first kappa shape index (κ1) is 30.7. The number of amides is 1. The number of rotatable bonds is 10.